The maximum Gasteiger partial charge on any atom is 0.269 e. The summed E-state index contributed by atoms with van der Waals surface area (Å²) in [4.78, 5) is 25.6. The van der Waals surface area contributed by atoms with Gasteiger partial charge in [-0.15, -0.1) is 0 Å². The number of amides is 1. The third-order valence-electron chi connectivity index (χ3n) is 5.20. The highest BCUT2D eigenvalue weighted by Crippen LogP contribution is 2.44. The lowest BCUT2D eigenvalue weighted by Crippen LogP contribution is -2.37. The Bertz CT molecular complexity index is 1040. The van der Waals surface area contributed by atoms with Gasteiger partial charge in [0.2, 0.25) is 5.91 Å². The molecule has 0 spiro atoms. The number of nitro benzene ring substituents is 1. The summed E-state index contributed by atoms with van der Waals surface area (Å²) in [5, 5.41) is 13.4. The van der Waals surface area contributed by atoms with Crippen LogP contribution in [0, 0.1) is 10.1 Å². The minimum absolute atomic E-state index is 0.0534. The summed E-state index contributed by atoms with van der Waals surface area (Å²) in [5.74, 6) is -0.122. The second kappa shape index (κ2) is 6.83. The Morgan fingerprint density at radius 1 is 1.11 bits per heavy atom. The van der Waals surface area contributed by atoms with Gasteiger partial charge in [-0.25, -0.2) is 0 Å². The van der Waals surface area contributed by atoms with Crippen LogP contribution in [-0.2, 0) is 4.79 Å². The maximum atomic E-state index is 12.9. The molecule has 27 heavy (non-hydrogen) atoms. The predicted molar refractivity (Wildman–Crippen MR) is 106 cm³/mol. The lowest BCUT2D eigenvalue weighted by molar-refractivity contribution is -0.384. The Labute approximate surface area is 157 Å². The predicted octanol–water partition coefficient (Wildman–Crippen LogP) is 5.03. The van der Waals surface area contributed by atoms with Gasteiger partial charge in [0, 0.05) is 36.7 Å². The van der Waals surface area contributed by atoms with E-state index < -0.39 is 0 Å². The average molecular weight is 360 g/mol. The number of fused-ring (bicyclic) bond motifs is 3. The maximum absolute atomic E-state index is 12.9. The lowest BCUT2D eigenvalue weighted by atomic mass is 9.81. The quantitative estimate of drug-likeness (QED) is 0.484. The van der Waals surface area contributed by atoms with E-state index >= 15 is 0 Å². The molecule has 3 aromatic carbocycles. The summed E-state index contributed by atoms with van der Waals surface area (Å²) >= 11 is 0. The molecular weight excluding hydrogens is 340 g/mol. The topological polar surface area (TPSA) is 63.5 Å². The van der Waals surface area contributed by atoms with E-state index in [1.54, 1.807) is 12.1 Å². The minimum atomic E-state index is -0.387. The van der Waals surface area contributed by atoms with Gasteiger partial charge in [-0.1, -0.05) is 49.4 Å². The number of nitrogens with zero attached hydrogens (tertiary/aromatic N) is 2. The zero-order valence-electron chi connectivity index (χ0n) is 15.1. The molecule has 0 bridgehead atoms. The highest BCUT2D eigenvalue weighted by Gasteiger charge is 2.33. The smallest absolute Gasteiger partial charge is 0.269 e. The van der Waals surface area contributed by atoms with Crippen LogP contribution < -0.4 is 4.90 Å². The number of hydrogen-bond acceptors (Lipinski definition) is 3. The Hall–Kier alpha value is -3.21. The van der Waals surface area contributed by atoms with Crippen molar-refractivity contribution in [3.05, 3.63) is 81.9 Å². The molecule has 1 heterocycles. The highest BCUT2D eigenvalue weighted by molar-refractivity contribution is 6.03. The molecule has 0 aliphatic carbocycles. The summed E-state index contributed by atoms with van der Waals surface area (Å²) in [5.41, 5.74) is 2.87. The van der Waals surface area contributed by atoms with Gasteiger partial charge in [-0.3, -0.25) is 14.9 Å². The number of hydrogen-bond donors (Lipinski definition) is 0. The van der Waals surface area contributed by atoms with Gasteiger partial charge in [-0.2, -0.15) is 0 Å². The standard InChI is InChI=1S/C22H20N2O3/c1-2-12-23-20-11-10-15-6-3-4-9-18(15)22(20)19(14-21(23)25)16-7-5-8-17(13-16)24(26)27/h3-11,13,19H,2,12,14H2,1H3. The fraction of sp³-hybridized carbons (Fsp3) is 0.227. The molecule has 0 radical (unpaired) electrons. The van der Waals surface area contributed by atoms with Gasteiger partial charge >= 0.3 is 0 Å². The van der Waals surface area contributed by atoms with Gasteiger partial charge in [0.15, 0.2) is 0 Å². The molecular formula is C22H20N2O3. The van der Waals surface area contributed by atoms with Crippen molar-refractivity contribution < 1.29 is 9.72 Å². The van der Waals surface area contributed by atoms with Gasteiger partial charge in [0.1, 0.15) is 0 Å². The summed E-state index contributed by atoms with van der Waals surface area (Å²) in [7, 11) is 0. The number of rotatable bonds is 4. The molecule has 0 saturated heterocycles. The number of non-ortho nitro benzene ring substituents is 1. The first-order valence-electron chi connectivity index (χ1n) is 9.16. The number of anilines is 1. The van der Waals surface area contributed by atoms with E-state index in [1.165, 1.54) is 6.07 Å². The second-order valence-electron chi connectivity index (χ2n) is 6.87. The van der Waals surface area contributed by atoms with Crippen LogP contribution in [-0.4, -0.2) is 17.4 Å². The van der Waals surface area contributed by atoms with Crippen LogP contribution in [0.4, 0.5) is 11.4 Å². The van der Waals surface area contributed by atoms with Crippen molar-refractivity contribution in [3.8, 4) is 0 Å². The van der Waals surface area contributed by atoms with E-state index in [1.807, 2.05) is 35.2 Å². The molecule has 136 valence electrons. The first-order chi connectivity index (χ1) is 13.1. The number of carbonyl (C=O) groups is 1. The minimum Gasteiger partial charge on any atom is -0.312 e. The molecule has 1 atom stereocenters. The highest BCUT2D eigenvalue weighted by atomic mass is 16.6. The Morgan fingerprint density at radius 2 is 1.93 bits per heavy atom. The molecule has 1 unspecified atom stereocenters. The summed E-state index contributed by atoms with van der Waals surface area (Å²) in [6, 6.07) is 18.8. The molecule has 1 aliphatic rings. The second-order valence-corrected chi connectivity index (χ2v) is 6.87. The molecule has 5 heteroatoms. The Balaban J connectivity index is 1.96. The zero-order valence-corrected chi connectivity index (χ0v) is 15.1. The molecule has 0 N–H and O–H groups in total. The summed E-state index contributed by atoms with van der Waals surface area (Å²) in [6.45, 7) is 2.73. The number of carbonyl (C=O) groups excluding carboxylic acids is 1. The van der Waals surface area contributed by atoms with Gasteiger partial charge in [-0.05, 0) is 34.4 Å². The van der Waals surface area contributed by atoms with Crippen LogP contribution in [0.25, 0.3) is 10.8 Å². The average Bonchev–Trinajstić information content (AvgIpc) is 2.69. The van der Waals surface area contributed by atoms with Crippen LogP contribution in [0.2, 0.25) is 0 Å². The van der Waals surface area contributed by atoms with Crippen molar-refractivity contribution in [1.82, 2.24) is 0 Å². The number of benzene rings is 3. The molecule has 3 aromatic rings. The van der Waals surface area contributed by atoms with Crippen molar-refractivity contribution in [1.29, 1.82) is 0 Å². The first kappa shape index (κ1) is 17.2. The normalized spacial score (nSPS) is 16.4. The summed E-state index contributed by atoms with van der Waals surface area (Å²) < 4.78 is 0. The van der Waals surface area contributed by atoms with Gasteiger partial charge in [0.05, 0.1) is 4.92 Å². The van der Waals surface area contributed by atoms with Crippen molar-refractivity contribution in [2.24, 2.45) is 0 Å². The Morgan fingerprint density at radius 3 is 2.70 bits per heavy atom. The zero-order chi connectivity index (χ0) is 19.0. The third kappa shape index (κ3) is 2.95. The SMILES string of the molecule is CCCN1C(=O)CC(c2cccc([N+](=O)[O-])c2)c2c1ccc1ccccc21. The van der Waals surface area contributed by atoms with Crippen LogP contribution >= 0.6 is 0 Å². The molecule has 0 fully saturated rings. The molecule has 0 aromatic heterocycles. The number of nitro groups is 1. The van der Waals surface area contributed by atoms with Crippen molar-refractivity contribution >= 4 is 28.1 Å². The van der Waals surface area contributed by atoms with Gasteiger partial charge in [0.25, 0.3) is 5.69 Å². The van der Waals surface area contributed by atoms with E-state index in [2.05, 4.69) is 19.1 Å². The van der Waals surface area contributed by atoms with Crippen LogP contribution in [0.5, 0.6) is 0 Å². The first-order valence-corrected chi connectivity index (χ1v) is 9.16. The van der Waals surface area contributed by atoms with E-state index in [-0.39, 0.29) is 22.4 Å². The monoisotopic (exact) mass is 360 g/mol. The van der Waals surface area contributed by atoms with E-state index in [0.717, 1.165) is 34.0 Å². The fourth-order valence-electron chi connectivity index (χ4n) is 4.02. The van der Waals surface area contributed by atoms with Crippen molar-refractivity contribution in [3.63, 3.8) is 0 Å². The fourth-order valence-corrected chi connectivity index (χ4v) is 4.02. The van der Waals surface area contributed by atoms with Crippen molar-refractivity contribution in [2.75, 3.05) is 11.4 Å². The van der Waals surface area contributed by atoms with Gasteiger partial charge < -0.3 is 4.90 Å². The van der Waals surface area contributed by atoms with Crippen molar-refractivity contribution in [2.45, 2.75) is 25.7 Å². The van der Waals surface area contributed by atoms with E-state index in [9.17, 15) is 14.9 Å². The summed E-state index contributed by atoms with van der Waals surface area (Å²) in [6.07, 6.45) is 1.20. The largest absolute Gasteiger partial charge is 0.312 e. The Kier molecular flexibility index (Phi) is 4.36. The van der Waals surface area contributed by atoms with Crippen LogP contribution in [0.15, 0.2) is 60.7 Å². The molecule has 1 aliphatic heterocycles. The molecule has 1 amide bonds. The molecule has 4 rings (SSSR count). The van der Waals surface area contributed by atoms with E-state index in [0.29, 0.717) is 13.0 Å². The van der Waals surface area contributed by atoms with E-state index in [4.69, 9.17) is 0 Å². The molecule has 5 nitrogen and oxygen atoms in total. The molecule has 0 saturated carbocycles. The third-order valence-corrected chi connectivity index (χ3v) is 5.20. The van der Waals surface area contributed by atoms with Crippen LogP contribution in [0.1, 0.15) is 36.8 Å². The van der Waals surface area contributed by atoms with Crippen LogP contribution in [0.3, 0.4) is 0 Å². The lowest BCUT2D eigenvalue weighted by Gasteiger charge is -2.35.